The van der Waals surface area contributed by atoms with E-state index in [1.165, 1.54) is 46.6 Å². The monoisotopic (exact) mass is 369 g/mol. The lowest BCUT2D eigenvalue weighted by molar-refractivity contribution is 0.281. The lowest BCUT2D eigenvalue weighted by Gasteiger charge is -2.26. The molecule has 2 nitrogen and oxygen atoms in total. The summed E-state index contributed by atoms with van der Waals surface area (Å²) < 4.78 is 0. The van der Waals surface area contributed by atoms with Gasteiger partial charge in [-0.2, -0.15) is 0 Å². The van der Waals surface area contributed by atoms with Crippen LogP contribution in [0.5, 0.6) is 0 Å². The van der Waals surface area contributed by atoms with Crippen molar-refractivity contribution in [3.8, 4) is 0 Å². The van der Waals surface area contributed by atoms with E-state index in [0.29, 0.717) is 12.5 Å². The molecule has 3 rings (SSSR count). The molecule has 3 heteroatoms. The van der Waals surface area contributed by atoms with Gasteiger partial charge in [0.05, 0.1) is 0 Å². The second-order valence-electron chi connectivity index (χ2n) is 7.41. The minimum atomic E-state index is 0.282. The summed E-state index contributed by atoms with van der Waals surface area (Å²) in [5.41, 5.74) is 10.5. The summed E-state index contributed by atoms with van der Waals surface area (Å²) in [6.07, 6.45) is 6.68. The van der Waals surface area contributed by atoms with Crippen molar-refractivity contribution in [1.82, 2.24) is 0 Å². The molecule has 2 aromatic carbocycles. The van der Waals surface area contributed by atoms with E-state index in [-0.39, 0.29) is 6.61 Å². The zero-order valence-corrected chi connectivity index (χ0v) is 16.4. The summed E-state index contributed by atoms with van der Waals surface area (Å²) in [5.74, 6) is 2.41. The number of benzene rings is 2. The molecule has 0 amide bonds. The van der Waals surface area contributed by atoms with E-state index in [1.807, 2.05) is 11.8 Å². The number of hydrogen-bond acceptors (Lipinski definition) is 3. The summed E-state index contributed by atoms with van der Waals surface area (Å²) in [6, 6.07) is 17.8. The van der Waals surface area contributed by atoms with Gasteiger partial charge in [-0.15, -0.1) is 11.8 Å². The Bertz CT molecular complexity index is 673. The molecule has 0 radical (unpaired) electrons. The third-order valence-corrected chi connectivity index (χ3v) is 6.75. The van der Waals surface area contributed by atoms with Crippen molar-refractivity contribution < 1.29 is 5.11 Å². The summed E-state index contributed by atoms with van der Waals surface area (Å²) in [7, 11) is 0. The Morgan fingerprint density at radius 1 is 1.08 bits per heavy atom. The van der Waals surface area contributed by atoms with E-state index in [4.69, 9.17) is 10.8 Å². The number of rotatable bonds is 9. The highest BCUT2D eigenvalue weighted by Crippen LogP contribution is 2.32. The Morgan fingerprint density at radius 3 is 2.69 bits per heavy atom. The van der Waals surface area contributed by atoms with Gasteiger partial charge in [-0.05, 0) is 79.3 Å². The van der Waals surface area contributed by atoms with E-state index < -0.39 is 0 Å². The van der Waals surface area contributed by atoms with Gasteiger partial charge < -0.3 is 10.8 Å². The molecule has 0 saturated carbocycles. The molecule has 0 fully saturated rings. The Morgan fingerprint density at radius 2 is 1.92 bits per heavy atom. The SMILES string of the molecule is NC[C@H](CCCCO)c1ccc2c(c1)CC[C@@H](CSc1ccccc1)C2. The van der Waals surface area contributed by atoms with Crippen LogP contribution in [0.3, 0.4) is 0 Å². The standard InChI is InChI=1S/C23H31NOS/c24-16-22(6-4-5-13-25)21-12-11-19-14-18(9-10-20(19)15-21)17-26-23-7-2-1-3-8-23/h1-3,7-8,11-12,15,18,22,25H,4-6,9-10,13-14,16-17,24H2/t18-,22+/m1/s1. The molecule has 0 saturated heterocycles. The highest BCUT2D eigenvalue weighted by atomic mass is 32.2. The highest BCUT2D eigenvalue weighted by Gasteiger charge is 2.20. The second kappa shape index (κ2) is 10.1. The fourth-order valence-electron chi connectivity index (χ4n) is 3.90. The molecular formula is C23H31NOS. The predicted molar refractivity (Wildman–Crippen MR) is 112 cm³/mol. The molecule has 140 valence electrons. The van der Waals surface area contributed by atoms with Gasteiger partial charge in [0.15, 0.2) is 0 Å². The lowest BCUT2D eigenvalue weighted by Crippen LogP contribution is -2.18. The van der Waals surface area contributed by atoms with Gasteiger partial charge in [0.2, 0.25) is 0 Å². The van der Waals surface area contributed by atoms with E-state index in [2.05, 4.69) is 48.5 Å². The number of aryl methyl sites for hydroxylation is 1. The van der Waals surface area contributed by atoms with Crippen molar-refractivity contribution in [3.05, 3.63) is 65.2 Å². The van der Waals surface area contributed by atoms with Crippen LogP contribution in [-0.4, -0.2) is 24.0 Å². The van der Waals surface area contributed by atoms with Crippen molar-refractivity contribution in [2.75, 3.05) is 18.9 Å². The molecule has 1 aliphatic rings. The van der Waals surface area contributed by atoms with Crippen LogP contribution in [0.15, 0.2) is 53.4 Å². The van der Waals surface area contributed by atoms with E-state index in [9.17, 15) is 0 Å². The normalized spacial score (nSPS) is 17.7. The van der Waals surface area contributed by atoms with Crippen LogP contribution < -0.4 is 5.73 Å². The quantitative estimate of drug-likeness (QED) is 0.493. The zero-order chi connectivity index (χ0) is 18.2. The fraction of sp³-hybridized carbons (Fsp3) is 0.478. The molecule has 0 aliphatic heterocycles. The molecular weight excluding hydrogens is 338 g/mol. The number of thioether (sulfide) groups is 1. The molecule has 2 aromatic rings. The van der Waals surface area contributed by atoms with Crippen molar-refractivity contribution >= 4 is 11.8 Å². The first kappa shape index (κ1) is 19.5. The number of nitrogens with two attached hydrogens (primary N) is 1. The van der Waals surface area contributed by atoms with Gasteiger partial charge in [-0.3, -0.25) is 0 Å². The minimum Gasteiger partial charge on any atom is -0.396 e. The maximum atomic E-state index is 8.99. The molecule has 26 heavy (non-hydrogen) atoms. The van der Waals surface area contributed by atoms with Crippen molar-refractivity contribution in [2.24, 2.45) is 11.7 Å². The summed E-state index contributed by atoms with van der Waals surface area (Å²) >= 11 is 1.99. The topological polar surface area (TPSA) is 46.2 Å². The smallest absolute Gasteiger partial charge is 0.0431 e. The van der Waals surface area contributed by atoms with Crippen LogP contribution >= 0.6 is 11.8 Å². The van der Waals surface area contributed by atoms with E-state index in [1.54, 1.807) is 0 Å². The Balaban J connectivity index is 1.58. The predicted octanol–water partition coefficient (Wildman–Crippen LogP) is 4.79. The molecule has 0 aromatic heterocycles. The maximum Gasteiger partial charge on any atom is 0.0431 e. The first-order valence-electron chi connectivity index (χ1n) is 9.90. The van der Waals surface area contributed by atoms with Gasteiger partial charge in [0, 0.05) is 17.3 Å². The minimum absolute atomic E-state index is 0.282. The van der Waals surface area contributed by atoms with Gasteiger partial charge >= 0.3 is 0 Å². The molecule has 3 N–H and O–H groups in total. The molecule has 0 heterocycles. The highest BCUT2D eigenvalue weighted by molar-refractivity contribution is 7.99. The number of aliphatic hydroxyl groups is 1. The molecule has 2 atom stereocenters. The molecule has 0 spiro atoms. The van der Waals surface area contributed by atoms with Gasteiger partial charge in [0.1, 0.15) is 0 Å². The third-order valence-electron chi connectivity index (χ3n) is 5.51. The average Bonchev–Trinajstić information content (AvgIpc) is 2.70. The fourth-order valence-corrected chi connectivity index (χ4v) is 4.96. The number of fused-ring (bicyclic) bond motifs is 1. The largest absolute Gasteiger partial charge is 0.396 e. The van der Waals surface area contributed by atoms with Gasteiger partial charge in [-0.25, -0.2) is 0 Å². The summed E-state index contributed by atoms with van der Waals surface area (Å²) in [5, 5.41) is 8.99. The van der Waals surface area contributed by atoms with Crippen molar-refractivity contribution in [2.45, 2.75) is 49.3 Å². The van der Waals surface area contributed by atoms with Crippen LogP contribution in [0.4, 0.5) is 0 Å². The molecule has 0 unspecified atom stereocenters. The Kier molecular flexibility index (Phi) is 7.60. The van der Waals surface area contributed by atoms with Crippen LogP contribution in [0.2, 0.25) is 0 Å². The summed E-state index contributed by atoms with van der Waals surface area (Å²) in [6.45, 7) is 0.977. The number of unbranched alkanes of at least 4 members (excludes halogenated alkanes) is 1. The zero-order valence-electron chi connectivity index (χ0n) is 15.6. The van der Waals surface area contributed by atoms with E-state index >= 15 is 0 Å². The Hall–Kier alpha value is -1.29. The molecule has 0 bridgehead atoms. The van der Waals surface area contributed by atoms with Crippen LogP contribution in [0.1, 0.15) is 48.3 Å². The van der Waals surface area contributed by atoms with E-state index in [0.717, 1.165) is 25.2 Å². The molecule has 1 aliphatic carbocycles. The van der Waals surface area contributed by atoms with Crippen molar-refractivity contribution in [3.63, 3.8) is 0 Å². The van der Waals surface area contributed by atoms with Crippen molar-refractivity contribution in [1.29, 1.82) is 0 Å². The third kappa shape index (κ3) is 5.35. The van der Waals surface area contributed by atoms with Crippen LogP contribution in [-0.2, 0) is 12.8 Å². The summed E-state index contributed by atoms with van der Waals surface area (Å²) in [4.78, 5) is 1.38. The second-order valence-corrected chi connectivity index (χ2v) is 8.51. The first-order chi connectivity index (χ1) is 12.8. The number of aliphatic hydroxyl groups excluding tert-OH is 1. The number of hydrogen-bond donors (Lipinski definition) is 2. The van der Waals surface area contributed by atoms with Gasteiger partial charge in [0.25, 0.3) is 0 Å². The van der Waals surface area contributed by atoms with Crippen LogP contribution in [0, 0.1) is 5.92 Å². The van der Waals surface area contributed by atoms with Crippen LogP contribution in [0.25, 0.3) is 0 Å². The maximum absolute atomic E-state index is 8.99. The Labute approximate surface area is 162 Å². The first-order valence-corrected chi connectivity index (χ1v) is 10.9. The average molecular weight is 370 g/mol. The lowest BCUT2D eigenvalue weighted by atomic mass is 9.82. The van der Waals surface area contributed by atoms with Gasteiger partial charge in [-0.1, -0.05) is 42.8 Å².